The fourth-order valence-electron chi connectivity index (χ4n) is 2.90. The maximum atomic E-state index is 12.7. The third-order valence-electron chi connectivity index (χ3n) is 4.23. The van der Waals surface area contributed by atoms with Gasteiger partial charge in [0.15, 0.2) is 0 Å². The molecule has 0 spiro atoms. The van der Waals surface area contributed by atoms with Crippen molar-refractivity contribution in [2.24, 2.45) is 5.92 Å². The Bertz CT molecular complexity index is 770. The van der Waals surface area contributed by atoms with Gasteiger partial charge in [0.1, 0.15) is 11.6 Å². The largest absolute Gasteiger partial charge is 0.492 e. The first-order valence-electron chi connectivity index (χ1n) is 8.12. The van der Waals surface area contributed by atoms with Crippen LogP contribution in [0.15, 0.2) is 36.5 Å². The lowest BCUT2D eigenvalue weighted by atomic mass is 9.98. The summed E-state index contributed by atoms with van der Waals surface area (Å²) in [7, 11) is 0. The first-order chi connectivity index (χ1) is 12.0. The smallest absolute Gasteiger partial charge is 0.255 e. The van der Waals surface area contributed by atoms with Crippen molar-refractivity contribution in [3.63, 3.8) is 0 Å². The number of nitrogens with two attached hydrogens (primary N) is 1. The Hall–Kier alpha value is -1.98. The van der Waals surface area contributed by atoms with Gasteiger partial charge in [0.25, 0.3) is 5.91 Å². The maximum Gasteiger partial charge on any atom is 0.255 e. The number of nitrogen functional groups attached to an aromatic ring is 1. The lowest BCUT2D eigenvalue weighted by Gasteiger charge is -2.32. The van der Waals surface area contributed by atoms with Crippen LogP contribution in [0.1, 0.15) is 23.2 Å². The number of aromatic nitrogens is 1. The fraction of sp³-hybridized carbons (Fsp3) is 0.333. The van der Waals surface area contributed by atoms with Crippen molar-refractivity contribution in [2.75, 3.05) is 25.4 Å². The van der Waals surface area contributed by atoms with E-state index in [1.165, 1.54) is 6.20 Å². The SMILES string of the molecule is Nc1ncc(C(=O)N2CCCC(COc3ccccc3Cl)C2)cc1Cl. The molecule has 1 aromatic heterocycles. The highest BCUT2D eigenvalue weighted by atomic mass is 35.5. The Morgan fingerprint density at radius 1 is 1.32 bits per heavy atom. The number of hydrogen-bond donors (Lipinski definition) is 1. The third-order valence-corrected chi connectivity index (χ3v) is 4.85. The first kappa shape index (κ1) is 17.8. The number of carbonyl (C=O) groups is 1. The summed E-state index contributed by atoms with van der Waals surface area (Å²) in [5.41, 5.74) is 6.05. The second-order valence-corrected chi connectivity index (χ2v) is 6.91. The van der Waals surface area contributed by atoms with Crippen LogP contribution in [0, 0.1) is 5.92 Å². The molecule has 2 aromatic rings. The van der Waals surface area contributed by atoms with Crippen molar-refractivity contribution >= 4 is 34.9 Å². The van der Waals surface area contributed by atoms with Crippen LogP contribution in [0.25, 0.3) is 0 Å². The number of halogens is 2. The van der Waals surface area contributed by atoms with Gasteiger partial charge in [-0.2, -0.15) is 0 Å². The Morgan fingerprint density at radius 2 is 2.12 bits per heavy atom. The number of ether oxygens (including phenoxy) is 1. The number of benzene rings is 1. The highest BCUT2D eigenvalue weighted by molar-refractivity contribution is 6.33. The molecule has 1 aliphatic rings. The normalized spacial score (nSPS) is 17.4. The van der Waals surface area contributed by atoms with Crippen molar-refractivity contribution in [2.45, 2.75) is 12.8 Å². The zero-order chi connectivity index (χ0) is 17.8. The van der Waals surface area contributed by atoms with Crippen LogP contribution >= 0.6 is 23.2 Å². The van der Waals surface area contributed by atoms with Crippen molar-refractivity contribution in [1.29, 1.82) is 0 Å². The van der Waals surface area contributed by atoms with Gasteiger partial charge < -0.3 is 15.4 Å². The summed E-state index contributed by atoms with van der Waals surface area (Å²) in [5.74, 6) is 1.06. The number of likely N-dealkylation sites (tertiary alicyclic amines) is 1. The molecule has 7 heteroatoms. The van der Waals surface area contributed by atoms with E-state index >= 15 is 0 Å². The summed E-state index contributed by atoms with van der Waals surface area (Å²) in [4.78, 5) is 18.4. The van der Waals surface area contributed by atoms with Gasteiger partial charge in [-0.05, 0) is 31.0 Å². The number of carbonyl (C=O) groups excluding carboxylic acids is 1. The first-order valence-corrected chi connectivity index (χ1v) is 8.88. The zero-order valence-corrected chi connectivity index (χ0v) is 15.1. The standard InChI is InChI=1S/C18H19Cl2N3O2/c19-14-5-1-2-6-16(14)25-11-12-4-3-7-23(10-12)18(24)13-8-15(20)17(21)22-9-13/h1-2,5-6,8-9,12H,3-4,7,10-11H2,(H2,21,22). The van der Waals surface area contributed by atoms with E-state index in [1.54, 1.807) is 12.1 Å². The molecule has 2 N–H and O–H groups in total. The van der Waals surface area contributed by atoms with Crippen LogP contribution in [0.2, 0.25) is 10.0 Å². The summed E-state index contributed by atoms with van der Waals surface area (Å²) in [6, 6.07) is 8.95. The van der Waals surface area contributed by atoms with E-state index in [9.17, 15) is 4.79 Å². The molecule has 0 bridgehead atoms. The molecule has 1 atom stereocenters. The van der Waals surface area contributed by atoms with Gasteiger partial charge in [-0.1, -0.05) is 35.3 Å². The number of nitrogens with zero attached hydrogens (tertiary/aromatic N) is 2. The topological polar surface area (TPSA) is 68.5 Å². The van der Waals surface area contributed by atoms with E-state index in [1.807, 2.05) is 23.1 Å². The van der Waals surface area contributed by atoms with E-state index in [0.29, 0.717) is 41.1 Å². The Balaban J connectivity index is 1.61. The Morgan fingerprint density at radius 3 is 2.88 bits per heavy atom. The molecule has 1 unspecified atom stereocenters. The van der Waals surface area contributed by atoms with Crippen LogP contribution in [0.5, 0.6) is 5.75 Å². The van der Waals surface area contributed by atoms with Gasteiger partial charge in [0.2, 0.25) is 0 Å². The summed E-state index contributed by atoms with van der Waals surface area (Å²) < 4.78 is 5.82. The molecular formula is C18H19Cl2N3O2. The van der Waals surface area contributed by atoms with Crippen LogP contribution < -0.4 is 10.5 Å². The van der Waals surface area contributed by atoms with Crippen molar-refractivity contribution < 1.29 is 9.53 Å². The highest BCUT2D eigenvalue weighted by Gasteiger charge is 2.25. The summed E-state index contributed by atoms with van der Waals surface area (Å²) in [6.45, 7) is 1.86. The van der Waals surface area contributed by atoms with Crippen LogP contribution in [0.3, 0.4) is 0 Å². The number of hydrogen-bond acceptors (Lipinski definition) is 4. The van der Waals surface area contributed by atoms with Gasteiger partial charge in [-0.3, -0.25) is 4.79 Å². The van der Waals surface area contributed by atoms with Crippen LogP contribution in [-0.2, 0) is 0 Å². The minimum Gasteiger partial charge on any atom is -0.492 e. The molecule has 25 heavy (non-hydrogen) atoms. The van der Waals surface area contributed by atoms with Crippen molar-refractivity contribution in [3.05, 3.63) is 52.1 Å². The third kappa shape index (κ3) is 4.35. The summed E-state index contributed by atoms with van der Waals surface area (Å²) in [6.07, 6.45) is 3.40. The minimum atomic E-state index is -0.0863. The molecule has 0 radical (unpaired) electrons. The quantitative estimate of drug-likeness (QED) is 0.874. The second kappa shape index (κ2) is 7.93. The van der Waals surface area contributed by atoms with Gasteiger partial charge in [0, 0.05) is 25.2 Å². The molecule has 1 aromatic carbocycles. The molecule has 1 amide bonds. The average molecular weight is 380 g/mol. The highest BCUT2D eigenvalue weighted by Crippen LogP contribution is 2.26. The second-order valence-electron chi connectivity index (χ2n) is 6.09. The average Bonchev–Trinajstić information content (AvgIpc) is 2.63. The molecule has 2 heterocycles. The molecule has 132 valence electrons. The number of pyridine rings is 1. The lowest BCUT2D eigenvalue weighted by Crippen LogP contribution is -2.41. The molecule has 1 aliphatic heterocycles. The fourth-order valence-corrected chi connectivity index (χ4v) is 3.26. The van der Waals surface area contributed by atoms with Crippen molar-refractivity contribution in [1.82, 2.24) is 9.88 Å². The van der Waals surface area contributed by atoms with E-state index in [0.717, 1.165) is 12.8 Å². The summed E-state index contributed by atoms with van der Waals surface area (Å²) >= 11 is 12.1. The molecule has 0 aliphatic carbocycles. The van der Waals surface area contributed by atoms with Crippen LogP contribution in [-0.4, -0.2) is 35.5 Å². The zero-order valence-electron chi connectivity index (χ0n) is 13.6. The van der Waals surface area contributed by atoms with Gasteiger partial charge in [-0.25, -0.2) is 4.98 Å². The monoisotopic (exact) mass is 379 g/mol. The lowest BCUT2D eigenvalue weighted by molar-refractivity contribution is 0.0633. The molecule has 5 nitrogen and oxygen atoms in total. The van der Waals surface area contributed by atoms with Gasteiger partial charge in [-0.15, -0.1) is 0 Å². The predicted octanol–water partition coefficient (Wildman–Crippen LogP) is 3.90. The number of anilines is 1. The summed E-state index contributed by atoms with van der Waals surface area (Å²) in [5, 5.41) is 0.885. The Labute approximate surface area is 156 Å². The molecule has 1 saturated heterocycles. The number of amides is 1. The van der Waals surface area contributed by atoms with Crippen LogP contribution in [0.4, 0.5) is 5.82 Å². The van der Waals surface area contributed by atoms with E-state index in [-0.39, 0.29) is 17.6 Å². The predicted molar refractivity (Wildman–Crippen MR) is 99.2 cm³/mol. The van der Waals surface area contributed by atoms with E-state index < -0.39 is 0 Å². The van der Waals surface area contributed by atoms with E-state index in [4.69, 9.17) is 33.7 Å². The van der Waals surface area contributed by atoms with Gasteiger partial charge in [0.05, 0.1) is 22.2 Å². The molecule has 1 fully saturated rings. The number of para-hydroxylation sites is 1. The molecular weight excluding hydrogens is 361 g/mol. The van der Waals surface area contributed by atoms with E-state index in [2.05, 4.69) is 4.98 Å². The van der Waals surface area contributed by atoms with Gasteiger partial charge >= 0.3 is 0 Å². The van der Waals surface area contributed by atoms with Crippen molar-refractivity contribution in [3.8, 4) is 5.75 Å². The molecule has 3 rings (SSSR count). The Kier molecular flexibility index (Phi) is 5.66. The number of piperidine rings is 1. The maximum absolute atomic E-state index is 12.7. The molecule has 0 saturated carbocycles. The minimum absolute atomic E-state index is 0.0863. The number of rotatable bonds is 4.